The number of hydrogen-bond donors (Lipinski definition) is 0. The number of hydrogen-bond acceptors (Lipinski definition) is 0. The first-order chi connectivity index (χ1) is 13.0. The molecule has 0 aliphatic rings. The molecule has 0 unspecified atom stereocenters. The van der Waals surface area contributed by atoms with Gasteiger partial charge in [0.2, 0.25) is 0 Å². The van der Waals surface area contributed by atoms with Gasteiger partial charge in [0, 0.05) is 10.2 Å². The molecular formula is C25H24BrN. The van der Waals surface area contributed by atoms with Crippen LogP contribution in [0.4, 0.5) is 0 Å². The van der Waals surface area contributed by atoms with Crippen molar-refractivity contribution in [2.75, 3.05) is 0 Å². The van der Waals surface area contributed by atoms with Crippen LogP contribution in [0.3, 0.4) is 0 Å². The third-order valence-electron chi connectivity index (χ3n) is 4.63. The van der Waals surface area contributed by atoms with Gasteiger partial charge >= 0.3 is 0 Å². The van der Waals surface area contributed by atoms with Crippen LogP contribution in [0.5, 0.6) is 0 Å². The second kappa shape index (κ2) is 8.41. The molecule has 1 aromatic heterocycles. The molecule has 2 aromatic carbocycles. The lowest BCUT2D eigenvalue weighted by atomic mass is 10.1. The quantitative estimate of drug-likeness (QED) is 0.373. The summed E-state index contributed by atoms with van der Waals surface area (Å²) in [5.41, 5.74) is 7.99. The first-order valence-corrected chi connectivity index (χ1v) is 9.84. The summed E-state index contributed by atoms with van der Waals surface area (Å²) < 4.78 is 3.33. The van der Waals surface area contributed by atoms with Gasteiger partial charge in [0.1, 0.15) is 0 Å². The van der Waals surface area contributed by atoms with Crippen molar-refractivity contribution < 1.29 is 0 Å². The molecule has 27 heavy (non-hydrogen) atoms. The predicted octanol–water partition coefficient (Wildman–Crippen LogP) is 7.75. The minimum absolute atomic E-state index is 0.981. The van der Waals surface area contributed by atoms with Gasteiger partial charge in [-0.3, -0.25) is 0 Å². The smallest absolute Gasteiger partial charge is 0.0535 e. The monoisotopic (exact) mass is 417 g/mol. The van der Waals surface area contributed by atoms with Crippen molar-refractivity contribution in [1.82, 2.24) is 4.57 Å². The summed E-state index contributed by atoms with van der Waals surface area (Å²) in [5.74, 6) is 0. The zero-order valence-corrected chi connectivity index (χ0v) is 17.6. The number of halogens is 1. The van der Waals surface area contributed by atoms with Gasteiger partial charge < -0.3 is 4.57 Å². The molecule has 2 heteroatoms. The highest BCUT2D eigenvalue weighted by Gasteiger charge is 2.13. The van der Waals surface area contributed by atoms with E-state index in [4.69, 9.17) is 0 Å². The number of aryl methyl sites for hydroxylation is 1. The van der Waals surface area contributed by atoms with Crippen molar-refractivity contribution in [3.63, 3.8) is 0 Å². The second-order valence-corrected chi connectivity index (χ2v) is 7.59. The topological polar surface area (TPSA) is 4.93 Å². The average Bonchev–Trinajstić information content (AvgIpc) is 3.11. The van der Waals surface area contributed by atoms with E-state index in [1.165, 1.54) is 16.7 Å². The SMILES string of the molecule is C=C(C=CC(C)=CC)c1ccc(-c2ccc(C)cc2)n1-c1cccc(Br)c1. The molecule has 3 aromatic rings. The second-order valence-electron chi connectivity index (χ2n) is 6.68. The Labute approximate surface area is 170 Å². The molecule has 0 atom stereocenters. The van der Waals surface area contributed by atoms with Crippen LogP contribution in [0.1, 0.15) is 25.1 Å². The lowest BCUT2D eigenvalue weighted by Crippen LogP contribution is -2.01. The molecule has 0 spiro atoms. The van der Waals surface area contributed by atoms with Gasteiger partial charge in [-0.05, 0) is 62.2 Å². The van der Waals surface area contributed by atoms with E-state index in [9.17, 15) is 0 Å². The molecule has 0 N–H and O–H groups in total. The van der Waals surface area contributed by atoms with Crippen molar-refractivity contribution in [2.45, 2.75) is 20.8 Å². The minimum atomic E-state index is 0.981. The van der Waals surface area contributed by atoms with Crippen LogP contribution < -0.4 is 0 Å². The van der Waals surface area contributed by atoms with Gasteiger partial charge in [-0.2, -0.15) is 0 Å². The normalized spacial score (nSPS) is 11.9. The minimum Gasteiger partial charge on any atom is -0.309 e. The van der Waals surface area contributed by atoms with Gasteiger partial charge in [0.25, 0.3) is 0 Å². The van der Waals surface area contributed by atoms with Crippen LogP contribution >= 0.6 is 15.9 Å². The number of benzene rings is 2. The van der Waals surface area contributed by atoms with Crippen LogP contribution in [-0.2, 0) is 0 Å². The summed E-state index contributed by atoms with van der Waals surface area (Å²) in [5, 5.41) is 0. The summed E-state index contributed by atoms with van der Waals surface area (Å²) in [4.78, 5) is 0. The Hall–Kier alpha value is -2.58. The van der Waals surface area contributed by atoms with Crippen molar-refractivity contribution in [2.24, 2.45) is 0 Å². The molecular weight excluding hydrogens is 394 g/mol. The predicted molar refractivity (Wildman–Crippen MR) is 121 cm³/mol. The molecule has 3 rings (SSSR count). The number of rotatable bonds is 5. The lowest BCUT2D eigenvalue weighted by Gasteiger charge is -2.15. The Morgan fingerprint density at radius 2 is 1.74 bits per heavy atom. The summed E-state index contributed by atoms with van der Waals surface area (Å²) in [7, 11) is 0. The van der Waals surface area contributed by atoms with E-state index in [-0.39, 0.29) is 0 Å². The van der Waals surface area contributed by atoms with Gasteiger partial charge in [0.05, 0.1) is 11.4 Å². The summed E-state index contributed by atoms with van der Waals surface area (Å²) in [6.07, 6.45) is 6.28. The third kappa shape index (κ3) is 4.40. The van der Waals surface area contributed by atoms with Crippen LogP contribution in [0, 0.1) is 6.92 Å². The standard InChI is InChI=1S/C25H24BrN/c1-5-18(2)9-12-20(4)24-15-16-25(21-13-10-19(3)11-14-21)27(24)23-8-6-7-22(26)17-23/h5-17H,4H2,1-3H3. The highest BCUT2D eigenvalue weighted by atomic mass is 79.9. The summed E-state index contributed by atoms with van der Waals surface area (Å²) >= 11 is 3.60. The fourth-order valence-corrected chi connectivity index (χ4v) is 3.33. The number of allylic oxidation sites excluding steroid dienone is 5. The maximum atomic E-state index is 4.31. The maximum Gasteiger partial charge on any atom is 0.0535 e. The zero-order valence-electron chi connectivity index (χ0n) is 16.0. The van der Waals surface area contributed by atoms with E-state index in [1.807, 2.05) is 13.0 Å². The molecule has 0 aliphatic heterocycles. The van der Waals surface area contributed by atoms with E-state index < -0.39 is 0 Å². The zero-order chi connectivity index (χ0) is 19.4. The number of nitrogens with zero attached hydrogens (tertiary/aromatic N) is 1. The molecule has 0 saturated carbocycles. The molecule has 136 valence electrons. The Bertz CT molecular complexity index is 1020. The summed E-state index contributed by atoms with van der Waals surface area (Å²) in [6.45, 7) is 10.6. The van der Waals surface area contributed by atoms with Gasteiger partial charge in [-0.15, -0.1) is 0 Å². The fraction of sp³-hybridized carbons (Fsp3) is 0.120. The fourth-order valence-electron chi connectivity index (χ4n) is 2.94. The third-order valence-corrected chi connectivity index (χ3v) is 5.12. The molecule has 0 saturated heterocycles. The van der Waals surface area contributed by atoms with Crippen LogP contribution in [0.2, 0.25) is 0 Å². The van der Waals surface area contributed by atoms with Gasteiger partial charge in [0.15, 0.2) is 0 Å². The first-order valence-electron chi connectivity index (χ1n) is 9.04. The Morgan fingerprint density at radius 1 is 1.00 bits per heavy atom. The Balaban J connectivity index is 2.16. The van der Waals surface area contributed by atoms with Gasteiger partial charge in [-0.1, -0.05) is 82.2 Å². The van der Waals surface area contributed by atoms with Crippen molar-refractivity contribution in [3.8, 4) is 16.9 Å². The van der Waals surface area contributed by atoms with E-state index >= 15 is 0 Å². The van der Waals surface area contributed by atoms with Crippen LogP contribution in [0.25, 0.3) is 22.5 Å². The maximum absolute atomic E-state index is 4.31. The molecule has 0 amide bonds. The molecule has 0 radical (unpaired) electrons. The first kappa shape index (κ1) is 19.2. The Morgan fingerprint density at radius 3 is 2.41 bits per heavy atom. The van der Waals surface area contributed by atoms with Crippen LogP contribution in [0.15, 0.2) is 95.5 Å². The van der Waals surface area contributed by atoms with Gasteiger partial charge in [-0.25, -0.2) is 0 Å². The Kier molecular flexibility index (Phi) is 5.98. The summed E-state index contributed by atoms with van der Waals surface area (Å²) in [6, 6.07) is 21.3. The molecule has 0 fully saturated rings. The highest BCUT2D eigenvalue weighted by molar-refractivity contribution is 9.10. The lowest BCUT2D eigenvalue weighted by molar-refractivity contribution is 1.06. The molecule has 1 nitrogen and oxygen atoms in total. The van der Waals surface area contributed by atoms with E-state index in [2.05, 4.69) is 114 Å². The van der Waals surface area contributed by atoms with E-state index in [0.717, 1.165) is 27.1 Å². The van der Waals surface area contributed by atoms with Crippen LogP contribution in [-0.4, -0.2) is 4.57 Å². The van der Waals surface area contributed by atoms with Crippen molar-refractivity contribution >= 4 is 21.5 Å². The van der Waals surface area contributed by atoms with E-state index in [0.29, 0.717) is 0 Å². The molecule has 0 bridgehead atoms. The van der Waals surface area contributed by atoms with Crippen molar-refractivity contribution in [3.05, 3.63) is 107 Å². The largest absolute Gasteiger partial charge is 0.309 e. The molecule has 1 heterocycles. The highest BCUT2D eigenvalue weighted by Crippen LogP contribution is 2.31. The van der Waals surface area contributed by atoms with E-state index in [1.54, 1.807) is 0 Å². The molecule has 0 aliphatic carbocycles. The van der Waals surface area contributed by atoms with Crippen molar-refractivity contribution in [1.29, 1.82) is 0 Å². The average molecular weight is 418 g/mol. The number of aromatic nitrogens is 1.